The van der Waals surface area contributed by atoms with Crippen LogP contribution in [-0.2, 0) is 15.1 Å². The number of carboxylic acids is 1. The van der Waals surface area contributed by atoms with Crippen LogP contribution in [0, 0.1) is 0 Å². The van der Waals surface area contributed by atoms with Crippen LogP contribution in [0.4, 0.5) is 4.79 Å². The smallest absolute Gasteiger partial charge is 0.328 e. The number of amides is 4. The number of urea groups is 1. The van der Waals surface area contributed by atoms with Crippen molar-refractivity contribution in [3.8, 4) is 0 Å². The van der Waals surface area contributed by atoms with Gasteiger partial charge in [-0.15, -0.1) is 0 Å². The van der Waals surface area contributed by atoms with Crippen molar-refractivity contribution in [3.05, 3.63) is 35.4 Å². The molecule has 0 saturated carbocycles. The largest absolute Gasteiger partial charge is 0.480 e. The number of nitrogens with one attached hydrogen (secondary N) is 3. The lowest BCUT2D eigenvalue weighted by atomic mass is 9.91. The molecule has 122 valence electrons. The van der Waals surface area contributed by atoms with Crippen molar-refractivity contribution in [2.24, 2.45) is 0 Å². The highest BCUT2D eigenvalue weighted by molar-refractivity contribution is 6.07. The molecule has 4 amide bonds. The Morgan fingerprint density at radius 1 is 1.17 bits per heavy atom. The second-order valence-electron chi connectivity index (χ2n) is 5.99. The normalized spacial score (nSPS) is 20.7. The van der Waals surface area contributed by atoms with Crippen LogP contribution in [0.1, 0.15) is 36.7 Å². The molecule has 4 N–H and O–H groups in total. The molecule has 1 aromatic rings. The Balaban J connectivity index is 2.20. The van der Waals surface area contributed by atoms with Crippen LogP contribution in [0.5, 0.6) is 0 Å². The first kappa shape index (κ1) is 16.5. The summed E-state index contributed by atoms with van der Waals surface area (Å²) in [6, 6.07) is 5.42. The summed E-state index contributed by atoms with van der Waals surface area (Å²) in [6.07, 6.45) is 0. The number of carbonyl (C=O) groups is 4. The Labute approximate surface area is 132 Å². The first-order valence-corrected chi connectivity index (χ1v) is 6.86. The fourth-order valence-electron chi connectivity index (χ4n) is 2.11. The van der Waals surface area contributed by atoms with Crippen LogP contribution < -0.4 is 16.0 Å². The third kappa shape index (κ3) is 3.01. The van der Waals surface area contributed by atoms with E-state index in [1.165, 1.54) is 38.1 Å². The predicted octanol–water partition coefficient (Wildman–Crippen LogP) is 0.334. The van der Waals surface area contributed by atoms with Gasteiger partial charge in [0.2, 0.25) is 0 Å². The van der Waals surface area contributed by atoms with Gasteiger partial charge in [0, 0.05) is 5.56 Å². The van der Waals surface area contributed by atoms with Gasteiger partial charge in [0.05, 0.1) is 0 Å². The molecule has 23 heavy (non-hydrogen) atoms. The van der Waals surface area contributed by atoms with Gasteiger partial charge in [-0.3, -0.25) is 14.9 Å². The maximum Gasteiger partial charge on any atom is 0.328 e. The van der Waals surface area contributed by atoms with E-state index < -0.39 is 34.9 Å². The summed E-state index contributed by atoms with van der Waals surface area (Å²) in [5, 5.41) is 16.1. The third-order valence-electron chi connectivity index (χ3n) is 3.73. The highest BCUT2D eigenvalue weighted by Crippen LogP contribution is 2.24. The Morgan fingerprint density at radius 3 is 2.17 bits per heavy atom. The molecule has 1 atom stereocenters. The first-order chi connectivity index (χ1) is 10.6. The number of hydrogen-bond acceptors (Lipinski definition) is 4. The van der Waals surface area contributed by atoms with Crippen molar-refractivity contribution in [2.45, 2.75) is 31.8 Å². The fraction of sp³-hybridized carbons (Fsp3) is 0.333. The maximum atomic E-state index is 12.1. The molecule has 1 fully saturated rings. The van der Waals surface area contributed by atoms with Crippen LogP contribution in [0.25, 0.3) is 0 Å². The van der Waals surface area contributed by atoms with Gasteiger partial charge in [0.25, 0.3) is 11.8 Å². The molecule has 1 aliphatic heterocycles. The average Bonchev–Trinajstić information content (AvgIpc) is 2.72. The lowest BCUT2D eigenvalue weighted by molar-refractivity contribution is -0.143. The summed E-state index contributed by atoms with van der Waals surface area (Å²) in [5.41, 5.74) is -1.85. The number of imide groups is 1. The van der Waals surface area contributed by atoms with Crippen molar-refractivity contribution in [3.63, 3.8) is 0 Å². The summed E-state index contributed by atoms with van der Waals surface area (Å²) in [5.74, 6) is -2.18. The first-order valence-electron chi connectivity index (χ1n) is 6.86. The molecule has 0 spiro atoms. The average molecular weight is 319 g/mol. The summed E-state index contributed by atoms with van der Waals surface area (Å²) in [6.45, 7) is 4.30. The standard InChI is InChI=1S/C15H17N3O5/c1-14(2,12(21)22)17-10(19)8-4-6-9(7-5-8)15(3)11(20)16-13(23)18-15/h4-7H,1-3H3,(H,17,19)(H,21,22)(H2,16,18,20,23). The van der Waals surface area contributed by atoms with Gasteiger partial charge in [-0.05, 0) is 38.5 Å². The molecule has 1 saturated heterocycles. The van der Waals surface area contributed by atoms with E-state index >= 15 is 0 Å². The molecule has 1 unspecified atom stereocenters. The van der Waals surface area contributed by atoms with E-state index in [0.717, 1.165) is 0 Å². The van der Waals surface area contributed by atoms with Crippen LogP contribution in [0.15, 0.2) is 24.3 Å². The minimum atomic E-state index is -1.40. The molecule has 0 aliphatic carbocycles. The number of carbonyl (C=O) groups excluding carboxylic acids is 3. The van der Waals surface area contributed by atoms with Gasteiger partial charge in [0.1, 0.15) is 11.1 Å². The van der Waals surface area contributed by atoms with Gasteiger partial charge < -0.3 is 15.7 Å². The lowest BCUT2D eigenvalue weighted by Crippen LogP contribution is -2.49. The molecule has 1 aliphatic rings. The molecule has 8 nitrogen and oxygen atoms in total. The fourth-order valence-corrected chi connectivity index (χ4v) is 2.11. The SMILES string of the molecule is CC(C)(NC(=O)c1ccc(C2(C)NC(=O)NC2=O)cc1)C(=O)O. The summed E-state index contributed by atoms with van der Waals surface area (Å²) >= 11 is 0. The van der Waals surface area contributed by atoms with Gasteiger partial charge >= 0.3 is 12.0 Å². The molecule has 1 aromatic carbocycles. The van der Waals surface area contributed by atoms with E-state index in [1.807, 2.05) is 0 Å². The molecule has 2 rings (SSSR count). The highest BCUT2D eigenvalue weighted by Gasteiger charge is 2.43. The zero-order valence-electron chi connectivity index (χ0n) is 12.9. The molecular formula is C15H17N3O5. The monoisotopic (exact) mass is 319 g/mol. The van der Waals surface area contributed by atoms with Gasteiger partial charge in [-0.25, -0.2) is 9.59 Å². The highest BCUT2D eigenvalue weighted by atomic mass is 16.4. The Hall–Kier alpha value is -2.90. The Morgan fingerprint density at radius 2 is 1.74 bits per heavy atom. The van der Waals surface area contributed by atoms with E-state index in [9.17, 15) is 19.2 Å². The summed E-state index contributed by atoms with van der Waals surface area (Å²) in [4.78, 5) is 46.2. The van der Waals surface area contributed by atoms with Crippen LogP contribution in [-0.4, -0.2) is 34.5 Å². The number of hydrogen-bond donors (Lipinski definition) is 4. The van der Waals surface area contributed by atoms with Gasteiger partial charge in [-0.2, -0.15) is 0 Å². The zero-order valence-corrected chi connectivity index (χ0v) is 12.9. The van der Waals surface area contributed by atoms with E-state index in [1.54, 1.807) is 6.92 Å². The number of rotatable bonds is 4. The van der Waals surface area contributed by atoms with E-state index in [2.05, 4.69) is 16.0 Å². The third-order valence-corrected chi connectivity index (χ3v) is 3.73. The lowest BCUT2D eigenvalue weighted by Gasteiger charge is -2.22. The molecule has 0 radical (unpaired) electrons. The van der Waals surface area contributed by atoms with E-state index in [-0.39, 0.29) is 5.56 Å². The second-order valence-corrected chi connectivity index (χ2v) is 5.99. The quantitative estimate of drug-likeness (QED) is 0.595. The van der Waals surface area contributed by atoms with Gasteiger partial charge in [0.15, 0.2) is 0 Å². The molecule has 1 heterocycles. The number of benzene rings is 1. The minimum absolute atomic E-state index is 0.247. The van der Waals surface area contributed by atoms with Crippen molar-refractivity contribution < 1.29 is 24.3 Å². The van der Waals surface area contributed by atoms with Crippen molar-refractivity contribution in [1.29, 1.82) is 0 Å². The van der Waals surface area contributed by atoms with Crippen LogP contribution in [0.3, 0.4) is 0 Å². The molecule has 0 aromatic heterocycles. The Bertz CT molecular complexity index is 696. The van der Waals surface area contributed by atoms with Crippen LogP contribution >= 0.6 is 0 Å². The van der Waals surface area contributed by atoms with E-state index in [0.29, 0.717) is 5.56 Å². The van der Waals surface area contributed by atoms with E-state index in [4.69, 9.17) is 5.11 Å². The molecule has 8 heteroatoms. The Kier molecular flexibility index (Phi) is 3.85. The van der Waals surface area contributed by atoms with Crippen molar-refractivity contribution >= 4 is 23.8 Å². The second kappa shape index (κ2) is 5.38. The summed E-state index contributed by atoms with van der Waals surface area (Å²) < 4.78 is 0. The van der Waals surface area contributed by atoms with Crippen molar-refractivity contribution in [1.82, 2.24) is 16.0 Å². The molecular weight excluding hydrogens is 302 g/mol. The minimum Gasteiger partial charge on any atom is -0.480 e. The summed E-state index contributed by atoms with van der Waals surface area (Å²) in [7, 11) is 0. The number of aliphatic carboxylic acids is 1. The topological polar surface area (TPSA) is 125 Å². The van der Waals surface area contributed by atoms with Crippen molar-refractivity contribution in [2.75, 3.05) is 0 Å². The van der Waals surface area contributed by atoms with Gasteiger partial charge in [-0.1, -0.05) is 12.1 Å². The predicted molar refractivity (Wildman–Crippen MR) is 79.6 cm³/mol. The maximum absolute atomic E-state index is 12.1. The number of carboxylic acid groups (broad SMARTS) is 1. The zero-order chi connectivity index (χ0) is 17.4. The van der Waals surface area contributed by atoms with Crippen LogP contribution in [0.2, 0.25) is 0 Å². The molecule has 0 bridgehead atoms.